The fraction of sp³-hybridized carbons (Fsp3) is 0.294. The molecule has 130 valence electrons. The first-order valence-electron chi connectivity index (χ1n) is 7.93. The molecule has 0 saturated heterocycles. The summed E-state index contributed by atoms with van der Waals surface area (Å²) in [5.74, 6) is 0.531. The summed E-state index contributed by atoms with van der Waals surface area (Å²) in [5.41, 5.74) is 0.941. The van der Waals surface area contributed by atoms with Crippen LogP contribution in [0.3, 0.4) is 0 Å². The van der Waals surface area contributed by atoms with Gasteiger partial charge in [-0.2, -0.15) is 0 Å². The van der Waals surface area contributed by atoms with Crippen molar-refractivity contribution in [2.24, 2.45) is 0 Å². The first-order valence-corrected chi connectivity index (χ1v) is 8.75. The molecule has 0 unspecified atom stereocenters. The van der Waals surface area contributed by atoms with Gasteiger partial charge in [-0.3, -0.25) is 4.79 Å². The first kappa shape index (κ1) is 17.2. The van der Waals surface area contributed by atoms with Crippen LogP contribution in [-0.2, 0) is 22.6 Å². The lowest BCUT2D eigenvalue weighted by Gasteiger charge is -2.06. The van der Waals surface area contributed by atoms with E-state index in [2.05, 4.69) is 20.5 Å². The smallest absolute Gasteiger partial charge is 0.244 e. The van der Waals surface area contributed by atoms with Gasteiger partial charge in [0.05, 0.1) is 16.8 Å². The molecule has 0 saturated carbocycles. The molecule has 7 nitrogen and oxygen atoms in total. The molecule has 0 spiro atoms. The second-order valence-corrected chi connectivity index (χ2v) is 6.42. The standard InChI is InChI=1S/C17H19N5O2S/c1-24-10-4-9-22-12-19-21-15(22)11-18-16(23)7-8-17-20-13-5-2-3-6-14(13)25-17/h2-3,5-8,12H,4,9-11H2,1H3,(H,18,23)/b8-7+. The molecule has 1 N–H and O–H groups in total. The SMILES string of the molecule is COCCCn1cnnc1CNC(=O)/C=C/c1nc2ccccc2s1. The summed E-state index contributed by atoms with van der Waals surface area (Å²) < 4.78 is 8.05. The Morgan fingerprint density at radius 2 is 2.28 bits per heavy atom. The van der Waals surface area contributed by atoms with Crippen LogP contribution in [-0.4, -0.2) is 39.4 Å². The van der Waals surface area contributed by atoms with Crippen LogP contribution in [0.15, 0.2) is 36.7 Å². The topological polar surface area (TPSA) is 81.9 Å². The van der Waals surface area contributed by atoms with E-state index in [0.29, 0.717) is 13.2 Å². The van der Waals surface area contributed by atoms with Crippen LogP contribution in [0.4, 0.5) is 0 Å². The van der Waals surface area contributed by atoms with Crippen LogP contribution >= 0.6 is 11.3 Å². The Kier molecular flexibility index (Phi) is 5.86. The summed E-state index contributed by atoms with van der Waals surface area (Å²) in [6, 6.07) is 7.90. The van der Waals surface area contributed by atoms with Crippen molar-refractivity contribution in [2.75, 3.05) is 13.7 Å². The van der Waals surface area contributed by atoms with Gasteiger partial charge in [-0.25, -0.2) is 4.98 Å². The maximum absolute atomic E-state index is 12.0. The second-order valence-electron chi connectivity index (χ2n) is 5.36. The van der Waals surface area contributed by atoms with Crippen LogP contribution in [0.1, 0.15) is 17.3 Å². The fourth-order valence-corrected chi connectivity index (χ4v) is 3.19. The third-order valence-electron chi connectivity index (χ3n) is 3.55. The number of nitrogens with zero attached hydrogens (tertiary/aromatic N) is 4. The maximum Gasteiger partial charge on any atom is 0.244 e. The number of benzene rings is 1. The molecule has 3 rings (SSSR count). The van der Waals surface area contributed by atoms with Crippen molar-refractivity contribution in [1.82, 2.24) is 25.1 Å². The van der Waals surface area contributed by atoms with E-state index in [9.17, 15) is 4.79 Å². The van der Waals surface area contributed by atoms with Crippen molar-refractivity contribution in [3.05, 3.63) is 47.5 Å². The molecule has 0 aliphatic carbocycles. The van der Waals surface area contributed by atoms with E-state index in [0.717, 1.165) is 34.0 Å². The van der Waals surface area contributed by atoms with Crippen LogP contribution in [0.5, 0.6) is 0 Å². The molecule has 0 fully saturated rings. The first-order chi connectivity index (χ1) is 12.3. The van der Waals surface area contributed by atoms with Crippen LogP contribution in [0.25, 0.3) is 16.3 Å². The number of para-hydroxylation sites is 1. The van der Waals surface area contributed by atoms with Crippen LogP contribution in [0, 0.1) is 0 Å². The van der Waals surface area contributed by atoms with Crippen LogP contribution in [0.2, 0.25) is 0 Å². The number of rotatable bonds is 8. The summed E-state index contributed by atoms with van der Waals surface area (Å²) in [5, 5.41) is 11.5. The van der Waals surface area contributed by atoms with Gasteiger partial charge in [-0.1, -0.05) is 12.1 Å². The number of hydrogen-bond acceptors (Lipinski definition) is 6. The normalized spacial score (nSPS) is 11.4. The van der Waals surface area contributed by atoms with Crippen molar-refractivity contribution in [3.8, 4) is 0 Å². The van der Waals surface area contributed by atoms with Gasteiger partial charge in [-0.15, -0.1) is 21.5 Å². The Bertz CT molecular complexity index is 838. The number of aryl methyl sites for hydroxylation is 1. The Morgan fingerprint density at radius 1 is 1.40 bits per heavy atom. The number of thiazole rings is 1. The van der Waals surface area contributed by atoms with Gasteiger partial charge in [0, 0.05) is 26.3 Å². The molecule has 3 aromatic rings. The molecule has 1 amide bonds. The van der Waals surface area contributed by atoms with Gasteiger partial charge in [-0.05, 0) is 24.6 Å². The lowest BCUT2D eigenvalue weighted by molar-refractivity contribution is -0.116. The highest BCUT2D eigenvalue weighted by atomic mass is 32.1. The lowest BCUT2D eigenvalue weighted by Crippen LogP contribution is -2.22. The van der Waals surface area contributed by atoms with Gasteiger partial charge >= 0.3 is 0 Å². The quantitative estimate of drug-likeness (QED) is 0.494. The van der Waals surface area contributed by atoms with E-state index in [1.165, 1.54) is 6.08 Å². The summed E-state index contributed by atoms with van der Waals surface area (Å²) in [6.45, 7) is 1.76. The van der Waals surface area contributed by atoms with E-state index in [1.807, 2.05) is 28.8 Å². The molecule has 25 heavy (non-hydrogen) atoms. The van der Waals surface area contributed by atoms with Crippen molar-refractivity contribution < 1.29 is 9.53 Å². The molecule has 8 heteroatoms. The van der Waals surface area contributed by atoms with Crippen molar-refractivity contribution in [2.45, 2.75) is 19.5 Å². The highest BCUT2D eigenvalue weighted by molar-refractivity contribution is 7.19. The largest absolute Gasteiger partial charge is 0.385 e. The van der Waals surface area contributed by atoms with E-state index < -0.39 is 0 Å². The predicted octanol–water partition coefficient (Wildman–Crippen LogP) is 2.25. The Labute approximate surface area is 149 Å². The number of carbonyl (C=O) groups excluding carboxylic acids is 1. The number of nitrogens with one attached hydrogen (secondary N) is 1. The van der Waals surface area contributed by atoms with E-state index in [4.69, 9.17) is 4.74 Å². The van der Waals surface area contributed by atoms with Gasteiger partial charge in [0.2, 0.25) is 5.91 Å². The van der Waals surface area contributed by atoms with Gasteiger partial charge < -0.3 is 14.6 Å². The molecule has 1 aromatic carbocycles. The molecule has 0 atom stereocenters. The lowest BCUT2D eigenvalue weighted by atomic mass is 10.3. The minimum Gasteiger partial charge on any atom is -0.385 e. The fourth-order valence-electron chi connectivity index (χ4n) is 2.32. The highest BCUT2D eigenvalue weighted by Crippen LogP contribution is 2.22. The Morgan fingerprint density at radius 3 is 3.12 bits per heavy atom. The number of methoxy groups -OCH3 is 1. The molecular formula is C17H19N5O2S. The average Bonchev–Trinajstić information content (AvgIpc) is 3.24. The minimum atomic E-state index is -0.189. The number of ether oxygens (including phenoxy) is 1. The third kappa shape index (κ3) is 4.71. The molecule has 0 aliphatic heterocycles. The zero-order valence-electron chi connectivity index (χ0n) is 13.9. The molecular weight excluding hydrogens is 338 g/mol. The monoisotopic (exact) mass is 357 g/mol. The van der Waals surface area contributed by atoms with Crippen LogP contribution < -0.4 is 5.32 Å². The van der Waals surface area contributed by atoms with E-state index in [-0.39, 0.29) is 5.91 Å². The molecule has 2 heterocycles. The van der Waals surface area contributed by atoms with E-state index in [1.54, 1.807) is 30.8 Å². The molecule has 2 aromatic heterocycles. The summed E-state index contributed by atoms with van der Waals surface area (Å²) in [6.07, 6.45) is 5.74. The Balaban J connectivity index is 1.53. The van der Waals surface area contributed by atoms with Crippen molar-refractivity contribution >= 4 is 33.5 Å². The summed E-state index contributed by atoms with van der Waals surface area (Å²) in [7, 11) is 1.67. The summed E-state index contributed by atoms with van der Waals surface area (Å²) >= 11 is 1.55. The zero-order valence-corrected chi connectivity index (χ0v) is 14.7. The predicted molar refractivity (Wildman–Crippen MR) is 97.0 cm³/mol. The Hall–Kier alpha value is -2.58. The highest BCUT2D eigenvalue weighted by Gasteiger charge is 2.06. The second kappa shape index (κ2) is 8.50. The average molecular weight is 357 g/mol. The van der Waals surface area contributed by atoms with Gasteiger partial charge in [0.1, 0.15) is 11.3 Å². The van der Waals surface area contributed by atoms with Gasteiger partial charge in [0.15, 0.2) is 5.82 Å². The number of hydrogen-bond donors (Lipinski definition) is 1. The van der Waals surface area contributed by atoms with Crippen molar-refractivity contribution in [3.63, 3.8) is 0 Å². The molecule has 0 radical (unpaired) electrons. The number of aromatic nitrogens is 4. The zero-order chi connectivity index (χ0) is 17.5. The minimum absolute atomic E-state index is 0.189. The van der Waals surface area contributed by atoms with Gasteiger partial charge in [0.25, 0.3) is 0 Å². The number of fused-ring (bicyclic) bond motifs is 1. The van der Waals surface area contributed by atoms with Crippen molar-refractivity contribution in [1.29, 1.82) is 0 Å². The maximum atomic E-state index is 12.0. The number of amides is 1. The number of carbonyl (C=O) groups is 1. The summed E-state index contributed by atoms with van der Waals surface area (Å²) in [4.78, 5) is 16.5. The molecule has 0 bridgehead atoms. The molecule has 0 aliphatic rings. The third-order valence-corrected chi connectivity index (χ3v) is 4.55. The van der Waals surface area contributed by atoms with E-state index >= 15 is 0 Å².